The third-order valence-electron chi connectivity index (χ3n) is 7.03. The summed E-state index contributed by atoms with van der Waals surface area (Å²) in [5, 5.41) is 15.5. The minimum absolute atomic E-state index is 0.316. The average Bonchev–Trinajstić information content (AvgIpc) is 3.34. The van der Waals surface area contributed by atoms with Crippen LogP contribution in [0.2, 0.25) is 0 Å². The lowest BCUT2D eigenvalue weighted by Crippen LogP contribution is -2.54. The highest BCUT2D eigenvalue weighted by Gasteiger charge is 2.68. The SMILES string of the molecule is CCOc1cc([C@@H]2CN(C)[C@]3(C(=O)Nc4ccccc43)[C@H]2[N+](=O)[O-])cc(Br)c1OCc1ccccc1. The summed E-state index contributed by atoms with van der Waals surface area (Å²) in [4.78, 5) is 27.4. The molecule has 9 heteroatoms. The fraction of sp³-hybridized carbons (Fsp3) is 0.296. The lowest BCUT2D eigenvalue weighted by Gasteiger charge is -2.30. The number of hydrogen-bond acceptors (Lipinski definition) is 6. The standard InChI is InChI=1S/C27H26BrN3O5/c1-3-35-23-14-18(13-21(28)24(23)36-16-17-9-5-4-6-10-17)19-15-30(2)27(25(19)31(33)34)20-11-7-8-12-22(20)29-26(27)32/h4-14,19,25H,3,15-16H2,1-2H3,(H,29,32)/t19-,25-,27-/m0/s1. The number of fused-ring (bicyclic) bond motifs is 2. The fourth-order valence-corrected chi connectivity index (χ4v) is 6.09. The predicted molar refractivity (Wildman–Crippen MR) is 139 cm³/mol. The minimum Gasteiger partial charge on any atom is -0.490 e. The maximum atomic E-state index is 13.4. The molecule has 1 spiro atoms. The van der Waals surface area contributed by atoms with Gasteiger partial charge in [0.15, 0.2) is 17.0 Å². The largest absolute Gasteiger partial charge is 0.490 e. The number of halogens is 1. The molecule has 2 aliphatic rings. The van der Waals surface area contributed by atoms with Gasteiger partial charge in [-0.15, -0.1) is 0 Å². The Kier molecular flexibility index (Phi) is 6.44. The van der Waals surface area contributed by atoms with Crippen molar-refractivity contribution in [2.24, 2.45) is 0 Å². The number of para-hydroxylation sites is 1. The van der Waals surface area contributed by atoms with Gasteiger partial charge < -0.3 is 14.8 Å². The number of anilines is 1. The normalized spacial score (nSPS) is 22.9. The van der Waals surface area contributed by atoms with Crippen LogP contribution < -0.4 is 14.8 Å². The molecule has 1 amide bonds. The number of nitrogens with one attached hydrogen (secondary N) is 1. The predicted octanol–water partition coefficient (Wildman–Crippen LogP) is 4.95. The number of amides is 1. The van der Waals surface area contributed by atoms with Crippen molar-refractivity contribution in [1.82, 2.24) is 4.90 Å². The quantitative estimate of drug-likeness (QED) is 0.330. The van der Waals surface area contributed by atoms with Gasteiger partial charge in [0.05, 0.1) is 17.0 Å². The Morgan fingerprint density at radius 3 is 2.58 bits per heavy atom. The summed E-state index contributed by atoms with van der Waals surface area (Å²) in [6, 6.07) is 19.4. The Balaban J connectivity index is 1.55. The van der Waals surface area contributed by atoms with Crippen LogP contribution in [0.4, 0.5) is 5.69 Å². The van der Waals surface area contributed by atoms with Gasteiger partial charge in [0.25, 0.3) is 11.9 Å². The summed E-state index contributed by atoms with van der Waals surface area (Å²) in [7, 11) is 1.77. The van der Waals surface area contributed by atoms with Crippen LogP contribution in [0, 0.1) is 10.1 Å². The summed E-state index contributed by atoms with van der Waals surface area (Å²) in [5.74, 6) is 0.106. The van der Waals surface area contributed by atoms with Crippen molar-refractivity contribution >= 4 is 27.5 Å². The number of likely N-dealkylation sites (tertiary alicyclic amines) is 1. The van der Waals surface area contributed by atoms with Crippen LogP contribution in [0.15, 0.2) is 71.2 Å². The molecule has 0 bridgehead atoms. The summed E-state index contributed by atoms with van der Waals surface area (Å²) < 4.78 is 12.6. The molecule has 3 aromatic carbocycles. The molecule has 3 atom stereocenters. The van der Waals surface area contributed by atoms with E-state index in [4.69, 9.17) is 9.47 Å². The van der Waals surface area contributed by atoms with Gasteiger partial charge >= 0.3 is 0 Å². The van der Waals surface area contributed by atoms with Crippen LogP contribution in [0.5, 0.6) is 11.5 Å². The summed E-state index contributed by atoms with van der Waals surface area (Å²) in [5.41, 5.74) is 1.57. The highest BCUT2D eigenvalue weighted by atomic mass is 79.9. The lowest BCUT2D eigenvalue weighted by molar-refractivity contribution is -0.534. The van der Waals surface area contributed by atoms with E-state index in [9.17, 15) is 14.9 Å². The molecule has 36 heavy (non-hydrogen) atoms. The molecule has 5 rings (SSSR count). The molecular weight excluding hydrogens is 526 g/mol. The van der Waals surface area contributed by atoms with Crippen molar-refractivity contribution < 1.29 is 19.2 Å². The topological polar surface area (TPSA) is 93.9 Å². The second-order valence-electron chi connectivity index (χ2n) is 9.02. The van der Waals surface area contributed by atoms with E-state index in [-0.39, 0.29) is 10.8 Å². The number of likely N-dealkylation sites (N-methyl/N-ethyl adjacent to an activating group) is 1. The molecule has 2 heterocycles. The summed E-state index contributed by atoms with van der Waals surface area (Å²) in [6.07, 6.45) is 0. The number of nitrogens with zero attached hydrogens (tertiary/aromatic N) is 2. The number of nitro groups is 1. The number of carbonyl (C=O) groups excluding carboxylic acids is 1. The van der Waals surface area contributed by atoms with E-state index in [1.807, 2.05) is 55.5 Å². The van der Waals surface area contributed by atoms with Gasteiger partial charge in [0.1, 0.15) is 6.61 Å². The monoisotopic (exact) mass is 551 g/mol. The Morgan fingerprint density at radius 1 is 1.14 bits per heavy atom. The Labute approximate surface area is 217 Å². The van der Waals surface area contributed by atoms with Crippen molar-refractivity contribution in [3.05, 3.63) is 98.0 Å². The van der Waals surface area contributed by atoms with Crippen LogP contribution in [-0.2, 0) is 16.9 Å². The van der Waals surface area contributed by atoms with Crippen molar-refractivity contribution in [3.63, 3.8) is 0 Å². The van der Waals surface area contributed by atoms with Gasteiger partial charge in [0.2, 0.25) is 0 Å². The van der Waals surface area contributed by atoms with E-state index in [1.54, 1.807) is 30.1 Å². The maximum Gasteiger partial charge on any atom is 0.256 e. The molecule has 1 fully saturated rings. The number of ether oxygens (including phenoxy) is 2. The zero-order chi connectivity index (χ0) is 25.4. The molecule has 2 aliphatic heterocycles. The Morgan fingerprint density at radius 2 is 1.86 bits per heavy atom. The highest BCUT2D eigenvalue weighted by Crippen LogP contribution is 2.53. The number of hydrogen-bond donors (Lipinski definition) is 1. The van der Waals surface area contributed by atoms with Gasteiger partial charge in [-0.1, -0.05) is 48.5 Å². The van der Waals surface area contributed by atoms with Crippen LogP contribution in [0.3, 0.4) is 0 Å². The zero-order valence-corrected chi connectivity index (χ0v) is 21.5. The molecule has 0 aliphatic carbocycles. The first-order chi connectivity index (χ1) is 17.4. The molecule has 0 radical (unpaired) electrons. The lowest BCUT2D eigenvalue weighted by atomic mass is 9.79. The molecule has 0 saturated carbocycles. The van der Waals surface area contributed by atoms with Gasteiger partial charge in [0, 0.05) is 22.7 Å². The smallest absolute Gasteiger partial charge is 0.256 e. The van der Waals surface area contributed by atoms with Crippen LogP contribution in [-0.4, -0.2) is 42.0 Å². The summed E-state index contributed by atoms with van der Waals surface area (Å²) >= 11 is 3.61. The van der Waals surface area contributed by atoms with E-state index in [0.29, 0.717) is 52.5 Å². The molecule has 186 valence electrons. The first kappa shape index (κ1) is 24.3. The van der Waals surface area contributed by atoms with Gasteiger partial charge in [-0.3, -0.25) is 19.8 Å². The molecule has 1 saturated heterocycles. The number of rotatable bonds is 7. The molecule has 0 aromatic heterocycles. The van der Waals surface area contributed by atoms with Gasteiger partial charge in [-0.25, -0.2) is 0 Å². The highest BCUT2D eigenvalue weighted by molar-refractivity contribution is 9.10. The maximum absolute atomic E-state index is 13.4. The molecule has 3 aromatic rings. The third kappa shape index (κ3) is 3.83. The molecular formula is C27H26BrN3O5. The second-order valence-corrected chi connectivity index (χ2v) is 9.87. The van der Waals surface area contributed by atoms with Gasteiger partial charge in [-0.2, -0.15) is 0 Å². The van der Waals surface area contributed by atoms with Crippen molar-refractivity contribution in [2.45, 2.75) is 31.0 Å². The van der Waals surface area contributed by atoms with Crippen LogP contribution in [0.25, 0.3) is 0 Å². The van der Waals surface area contributed by atoms with Crippen molar-refractivity contribution in [3.8, 4) is 11.5 Å². The summed E-state index contributed by atoms with van der Waals surface area (Å²) in [6.45, 7) is 2.96. The van der Waals surface area contributed by atoms with E-state index in [2.05, 4.69) is 21.2 Å². The first-order valence-corrected chi connectivity index (χ1v) is 12.6. The van der Waals surface area contributed by atoms with E-state index < -0.39 is 17.5 Å². The second kappa shape index (κ2) is 9.55. The minimum atomic E-state index is -1.40. The fourth-order valence-electron chi connectivity index (χ4n) is 5.51. The Hall–Kier alpha value is -3.43. The van der Waals surface area contributed by atoms with E-state index in [0.717, 1.165) is 5.56 Å². The third-order valence-corrected chi connectivity index (χ3v) is 7.62. The van der Waals surface area contributed by atoms with Crippen LogP contribution >= 0.6 is 15.9 Å². The molecule has 1 N–H and O–H groups in total. The van der Waals surface area contributed by atoms with Gasteiger partial charge in [-0.05, 0) is 59.2 Å². The first-order valence-electron chi connectivity index (χ1n) is 11.8. The van der Waals surface area contributed by atoms with E-state index in [1.165, 1.54) is 0 Å². The van der Waals surface area contributed by atoms with Crippen molar-refractivity contribution in [1.29, 1.82) is 0 Å². The van der Waals surface area contributed by atoms with Crippen molar-refractivity contribution in [2.75, 3.05) is 25.5 Å². The number of carbonyl (C=O) groups is 1. The van der Waals surface area contributed by atoms with E-state index >= 15 is 0 Å². The zero-order valence-electron chi connectivity index (χ0n) is 19.9. The van der Waals surface area contributed by atoms with Crippen LogP contribution in [0.1, 0.15) is 29.5 Å². The molecule has 8 nitrogen and oxygen atoms in total. The Bertz CT molecular complexity index is 1320. The number of benzene rings is 3. The molecule has 0 unspecified atom stereocenters. The average molecular weight is 552 g/mol.